The summed E-state index contributed by atoms with van der Waals surface area (Å²) < 4.78 is 32.9. The van der Waals surface area contributed by atoms with Gasteiger partial charge in [0, 0.05) is 5.92 Å². The van der Waals surface area contributed by atoms with Crippen LogP contribution in [0.15, 0.2) is 36.4 Å². The normalized spacial score (nSPS) is 23.6. The minimum Gasteiger partial charge on any atom is -0.490 e. The maximum absolute atomic E-state index is 13.4. The standard InChI is InChI=1S/C21H27F2NO2/c1-20(24,13-25)17-5-3-15-12-19(8-4-14(15)11-17)26-18-9-6-16(7-10-18)21(2,22)23/h3-5,8,11-12,16,18,25H,6-7,9-10,13,24H2,1-2H3/t16-,18-,20-/m0/s1. The predicted octanol–water partition coefficient (Wildman–Crippen LogP) is 4.60. The van der Waals surface area contributed by atoms with E-state index in [2.05, 4.69) is 0 Å². The van der Waals surface area contributed by atoms with Crippen LogP contribution in [0.25, 0.3) is 10.8 Å². The number of ether oxygens (including phenoxy) is 1. The van der Waals surface area contributed by atoms with E-state index in [0.717, 1.165) is 29.0 Å². The molecule has 0 aromatic heterocycles. The van der Waals surface area contributed by atoms with Crippen LogP contribution in [0, 0.1) is 5.92 Å². The van der Waals surface area contributed by atoms with Crippen LogP contribution in [0.1, 0.15) is 45.1 Å². The Balaban J connectivity index is 1.69. The average Bonchev–Trinajstić information content (AvgIpc) is 2.61. The van der Waals surface area contributed by atoms with Crippen LogP contribution in [-0.4, -0.2) is 23.7 Å². The molecular weight excluding hydrogens is 336 g/mol. The van der Waals surface area contributed by atoms with E-state index in [1.54, 1.807) is 6.92 Å². The van der Waals surface area contributed by atoms with Crippen molar-refractivity contribution >= 4 is 10.8 Å². The third-order valence-electron chi connectivity index (χ3n) is 5.49. The summed E-state index contributed by atoms with van der Waals surface area (Å²) in [5.41, 5.74) is 6.20. The second-order valence-corrected chi connectivity index (χ2v) is 7.85. The van der Waals surface area contributed by atoms with Crippen LogP contribution in [0.4, 0.5) is 8.78 Å². The summed E-state index contributed by atoms with van der Waals surface area (Å²) in [7, 11) is 0. The molecule has 0 bridgehead atoms. The first-order valence-electron chi connectivity index (χ1n) is 9.17. The van der Waals surface area contributed by atoms with E-state index in [0.29, 0.717) is 25.7 Å². The molecule has 0 radical (unpaired) electrons. The Kier molecular flexibility index (Phi) is 5.22. The maximum atomic E-state index is 13.4. The van der Waals surface area contributed by atoms with Gasteiger partial charge >= 0.3 is 0 Å². The molecule has 2 aromatic rings. The Hall–Kier alpha value is -1.72. The molecule has 26 heavy (non-hydrogen) atoms. The number of nitrogens with two attached hydrogens (primary N) is 1. The molecule has 0 spiro atoms. The molecule has 1 fully saturated rings. The SMILES string of the molecule is CC(F)(F)[C@H]1CC[C@H](Oc2ccc3cc([C@@](C)(N)CO)ccc3c2)CC1. The van der Waals surface area contributed by atoms with E-state index >= 15 is 0 Å². The van der Waals surface area contributed by atoms with Crippen molar-refractivity contribution in [1.29, 1.82) is 0 Å². The highest BCUT2D eigenvalue weighted by molar-refractivity contribution is 5.84. The lowest BCUT2D eigenvalue weighted by molar-refractivity contribution is -0.0630. The summed E-state index contributed by atoms with van der Waals surface area (Å²) in [4.78, 5) is 0. The van der Waals surface area contributed by atoms with Gasteiger partial charge in [-0.05, 0) is 74.1 Å². The van der Waals surface area contributed by atoms with E-state index in [1.165, 1.54) is 0 Å². The number of hydrogen-bond acceptors (Lipinski definition) is 3. The van der Waals surface area contributed by atoms with Gasteiger partial charge in [-0.15, -0.1) is 0 Å². The van der Waals surface area contributed by atoms with Gasteiger partial charge in [-0.25, -0.2) is 8.78 Å². The molecule has 0 saturated heterocycles. The zero-order valence-electron chi connectivity index (χ0n) is 15.3. The number of aliphatic hydroxyl groups excluding tert-OH is 1. The molecule has 1 saturated carbocycles. The number of fused-ring (bicyclic) bond motifs is 1. The Labute approximate surface area is 153 Å². The Morgan fingerprint density at radius 2 is 1.65 bits per heavy atom. The molecule has 0 amide bonds. The lowest BCUT2D eigenvalue weighted by atomic mass is 9.84. The number of rotatable bonds is 5. The minimum atomic E-state index is -2.60. The van der Waals surface area contributed by atoms with Crippen molar-refractivity contribution in [3.05, 3.63) is 42.0 Å². The topological polar surface area (TPSA) is 55.5 Å². The second kappa shape index (κ2) is 7.12. The first-order valence-corrected chi connectivity index (χ1v) is 9.17. The number of aliphatic hydroxyl groups is 1. The summed E-state index contributed by atoms with van der Waals surface area (Å²) in [6.07, 6.45) is 2.31. The van der Waals surface area contributed by atoms with Crippen molar-refractivity contribution in [1.82, 2.24) is 0 Å². The van der Waals surface area contributed by atoms with Gasteiger partial charge in [0.2, 0.25) is 5.92 Å². The van der Waals surface area contributed by atoms with Crippen LogP contribution in [0.2, 0.25) is 0 Å². The lowest BCUT2D eigenvalue weighted by Gasteiger charge is -2.32. The first kappa shape index (κ1) is 19.1. The molecular formula is C21H27F2NO2. The van der Waals surface area contributed by atoms with Gasteiger partial charge in [0.25, 0.3) is 0 Å². The van der Waals surface area contributed by atoms with Crippen molar-refractivity contribution in [2.45, 2.75) is 57.1 Å². The Morgan fingerprint density at radius 1 is 1.04 bits per heavy atom. The van der Waals surface area contributed by atoms with Gasteiger partial charge in [0.05, 0.1) is 18.2 Å². The van der Waals surface area contributed by atoms with Crippen molar-refractivity contribution < 1.29 is 18.6 Å². The van der Waals surface area contributed by atoms with Gasteiger partial charge in [-0.2, -0.15) is 0 Å². The largest absolute Gasteiger partial charge is 0.490 e. The summed E-state index contributed by atoms with van der Waals surface area (Å²) in [5, 5.41) is 11.5. The minimum absolute atomic E-state index is 0.00737. The number of benzene rings is 2. The van der Waals surface area contributed by atoms with Gasteiger partial charge in [-0.1, -0.05) is 18.2 Å². The molecule has 1 aliphatic carbocycles. The number of hydrogen-bond donors (Lipinski definition) is 2. The van der Waals surface area contributed by atoms with Gasteiger partial charge in [0.1, 0.15) is 5.75 Å². The fourth-order valence-electron chi connectivity index (χ4n) is 3.62. The molecule has 0 unspecified atom stereocenters. The van der Waals surface area contributed by atoms with E-state index in [1.807, 2.05) is 36.4 Å². The van der Waals surface area contributed by atoms with Crippen molar-refractivity contribution in [3.8, 4) is 5.75 Å². The summed E-state index contributed by atoms with van der Waals surface area (Å²) in [5.74, 6) is -2.37. The quantitative estimate of drug-likeness (QED) is 0.816. The summed E-state index contributed by atoms with van der Waals surface area (Å²) in [6, 6.07) is 11.7. The van der Waals surface area contributed by atoms with Crippen LogP contribution in [0.5, 0.6) is 5.75 Å². The molecule has 3 rings (SSSR count). The predicted molar refractivity (Wildman–Crippen MR) is 99.6 cm³/mol. The fraction of sp³-hybridized carbons (Fsp3) is 0.524. The smallest absolute Gasteiger partial charge is 0.248 e. The third kappa shape index (κ3) is 4.15. The highest BCUT2D eigenvalue weighted by Crippen LogP contribution is 2.37. The molecule has 3 nitrogen and oxygen atoms in total. The van der Waals surface area contributed by atoms with Crippen molar-refractivity contribution in [3.63, 3.8) is 0 Å². The van der Waals surface area contributed by atoms with Crippen molar-refractivity contribution in [2.24, 2.45) is 11.7 Å². The molecule has 0 heterocycles. The van der Waals surface area contributed by atoms with Crippen LogP contribution >= 0.6 is 0 Å². The highest BCUT2D eigenvalue weighted by Gasteiger charge is 2.37. The van der Waals surface area contributed by atoms with Gasteiger partial charge < -0.3 is 15.6 Å². The van der Waals surface area contributed by atoms with Crippen LogP contribution < -0.4 is 10.5 Å². The van der Waals surface area contributed by atoms with E-state index in [4.69, 9.17) is 10.5 Å². The zero-order chi connectivity index (χ0) is 18.9. The monoisotopic (exact) mass is 363 g/mol. The highest BCUT2D eigenvalue weighted by atomic mass is 19.3. The molecule has 0 aliphatic heterocycles. The van der Waals surface area contributed by atoms with Crippen LogP contribution in [0.3, 0.4) is 0 Å². The van der Waals surface area contributed by atoms with E-state index in [-0.39, 0.29) is 12.7 Å². The van der Waals surface area contributed by atoms with Gasteiger partial charge in [0.15, 0.2) is 0 Å². The Bertz CT molecular complexity index is 762. The molecule has 1 atom stereocenters. The average molecular weight is 363 g/mol. The number of halogens is 2. The first-order chi connectivity index (χ1) is 12.2. The van der Waals surface area contributed by atoms with Crippen LogP contribution in [-0.2, 0) is 5.54 Å². The molecule has 142 valence electrons. The molecule has 5 heteroatoms. The van der Waals surface area contributed by atoms with Crippen molar-refractivity contribution in [2.75, 3.05) is 6.61 Å². The summed E-state index contributed by atoms with van der Waals surface area (Å²) >= 11 is 0. The van der Waals surface area contributed by atoms with E-state index in [9.17, 15) is 13.9 Å². The fourth-order valence-corrected chi connectivity index (χ4v) is 3.62. The maximum Gasteiger partial charge on any atom is 0.248 e. The third-order valence-corrected chi connectivity index (χ3v) is 5.49. The van der Waals surface area contributed by atoms with Gasteiger partial charge in [-0.3, -0.25) is 0 Å². The molecule has 3 N–H and O–H groups in total. The Morgan fingerprint density at radius 3 is 2.27 bits per heavy atom. The van der Waals surface area contributed by atoms with E-state index < -0.39 is 17.4 Å². The molecule has 1 aliphatic rings. The summed E-state index contributed by atoms with van der Waals surface area (Å²) in [6.45, 7) is 2.68. The number of alkyl halides is 2. The lowest BCUT2D eigenvalue weighted by Crippen LogP contribution is -2.36. The molecule has 2 aromatic carbocycles. The second-order valence-electron chi connectivity index (χ2n) is 7.85. The zero-order valence-corrected chi connectivity index (χ0v) is 15.3.